The lowest BCUT2D eigenvalue weighted by Gasteiger charge is -2.25. The monoisotopic (exact) mass is 306 g/mol. The highest BCUT2D eigenvalue weighted by Gasteiger charge is 2.26. The Balaban J connectivity index is 1.76. The summed E-state index contributed by atoms with van der Waals surface area (Å²) in [6.45, 7) is 3.86. The summed E-state index contributed by atoms with van der Waals surface area (Å²) in [5, 5.41) is 3.42. The van der Waals surface area contributed by atoms with Gasteiger partial charge < -0.3 is 5.32 Å². The van der Waals surface area contributed by atoms with Gasteiger partial charge in [0.15, 0.2) is 0 Å². The highest BCUT2D eigenvalue weighted by Crippen LogP contribution is 2.22. The number of nitrogens with one attached hydrogen (secondary N) is 1. The van der Waals surface area contributed by atoms with E-state index < -0.39 is 10.0 Å². The highest BCUT2D eigenvalue weighted by atomic mass is 32.2. The fraction of sp³-hybridized carbons (Fsp3) is 0.500. The van der Waals surface area contributed by atoms with Crippen LogP contribution in [-0.4, -0.2) is 31.9 Å². The molecule has 1 saturated carbocycles. The first kappa shape index (κ1) is 14.8. The minimum atomic E-state index is -3.37. The van der Waals surface area contributed by atoms with E-state index in [2.05, 4.69) is 5.32 Å². The van der Waals surface area contributed by atoms with Crippen molar-refractivity contribution in [3.8, 4) is 0 Å². The van der Waals surface area contributed by atoms with E-state index in [0.717, 1.165) is 18.5 Å². The van der Waals surface area contributed by atoms with Crippen LogP contribution in [0.25, 0.3) is 0 Å². The fourth-order valence-electron chi connectivity index (χ4n) is 2.48. The van der Waals surface area contributed by atoms with Crippen molar-refractivity contribution in [3.63, 3.8) is 0 Å². The van der Waals surface area contributed by atoms with Crippen molar-refractivity contribution >= 4 is 10.0 Å². The van der Waals surface area contributed by atoms with Gasteiger partial charge in [0.2, 0.25) is 10.0 Å². The van der Waals surface area contributed by atoms with Crippen LogP contribution in [0.15, 0.2) is 40.8 Å². The van der Waals surface area contributed by atoms with Gasteiger partial charge in [-0.15, -0.1) is 0 Å². The quantitative estimate of drug-likeness (QED) is 0.849. The van der Waals surface area contributed by atoms with Gasteiger partial charge >= 0.3 is 0 Å². The van der Waals surface area contributed by atoms with Crippen LogP contribution in [0.1, 0.15) is 31.7 Å². The first-order valence-corrected chi connectivity index (χ1v) is 8.98. The van der Waals surface area contributed by atoms with E-state index in [-0.39, 0.29) is 0 Å². The largest absolute Gasteiger partial charge is 0.310 e. The van der Waals surface area contributed by atoms with Gasteiger partial charge in [-0.2, -0.15) is 4.31 Å². The summed E-state index contributed by atoms with van der Waals surface area (Å²) >= 11 is 0. The summed E-state index contributed by atoms with van der Waals surface area (Å²) < 4.78 is 26.9. The molecule has 1 aliphatic heterocycles. The van der Waals surface area contributed by atoms with Crippen LogP contribution in [0.4, 0.5) is 0 Å². The van der Waals surface area contributed by atoms with Crippen LogP contribution in [0.5, 0.6) is 0 Å². The molecule has 3 rings (SSSR count). The summed E-state index contributed by atoms with van der Waals surface area (Å²) in [6.07, 6.45) is 5.29. The Morgan fingerprint density at radius 3 is 2.81 bits per heavy atom. The van der Waals surface area contributed by atoms with Crippen LogP contribution in [0.2, 0.25) is 0 Å². The average Bonchev–Trinajstić information content (AvgIpc) is 3.30. The highest BCUT2D eigenvalue weighted by molar-refractivity contribution is 7.89. The Labute approximate surface area is 126 Å². The first-order chi connectivity index (χ1) is 10.1. The number of rotatable bonds is 5. The summed E-state index contributed by atoms with van der Waals surface area (Å²) in [6, 6.07) is 7.94. The van der Waals surface area contributed by atoms with E-state index in [4.69, 9.17) is 0 Å². The van der Waals surface area contributed by atoms with E-state index in [1.54, 1.807) is 16.4 Å². The second kappa shape index (κ2) is 5.91. The zero-order valence-electron chi connectivity index (χ0n) is 12.4. The zero-order valence-corrected chi connectivity index (χ0v) is 13.2. The topological polar surface area (TPSA) is 49.4 Å². The Bertz CT molecular complexity index is 648. The van der Waals surface area contributed by atoms with E-state index >= 15 is 0 Å². The molecule has 1 aliphatic carbocycles. The fourth-order valence-corrected chi connectivity index (χ4v) is 3.94. The Morgan fingerprint density at radius 2 is 2.14 bits per heavy atom. The lowest BCUT2D eigenvalue weighted by Crippen LogP contribution is -2.34. The van der Waals surface area contributed by atoms with Gasteiger partial charge in [0.25, 0.3) is 0 Å². The molecule has 0 bridgehead atoms. The molecule has 0 saturated heterocycles. The molecule has 21 heavy (non-hydrogen) atoms. The molecule has 4 nitrogen and oxygen atoms in total. The average molecular weight is 306 g/mol. The first-order valence-electron chi connectivity index (χ1n) is 7.54. The normalized spacial score (nSPS) is 20.3. The number of sulfonamides is 1. The van der Waals surface area contributed by atoms with Crippen LogP contribution in [-0.2, 0) is 16.6 Å². The number of benzene rings is 1. The van der Waals surface area contributed by atoms with Gasteiger partial charge in [0, 0.05) is 25.7 Å². The SMILES string of the molecule is CC1=CCN(S(=O)(=O)c2cccc(CNC3CC3)c2)CC1. The van der Waals surface area contributed by atoms with Gasteiger partial charge in [-0.1, -0.05) is 23.8 Å². The van der Waals surface area contributed by atoms with Gasteiger partial charge in [-0.3, -0.25) is 0 Å². The predicted molar refractivity (Wildman–Crippen MR) is 83.4 cm³/mol. The lowest BCUT2D eigenvalue weighted by atomic mass is 10.1. The van der Waals surface area contributed by atoms with Crippen molar-refractivity contribution in [2.75, 3.05) is 13.1 Å². The zero-order chi connectivity index (χ0) is 14.9. The molecule has 0 radical (unpaired) electrons. The number of hydrogen-bond acceptors (Lipinski definition) is 3. The van der Waals surface area contributed by atoms with Gasteiger partial charge in [-0.05, 0) is 43.9 Å². The van der Waals surface area contributed by atoms with Crippen molar-refractivity contribution < 1.29 is 8.42 Å². The van der Waals surface area contributed by atoms with Crippen LogP contribution < -0.4 is 5.32 Å². The molecule has 1 N–H and O–H groups in total. The molecular weight excluding hydrogens is 284 g/mol. The lowest BCUT2D eigenvalue weighted by molar-refractivity contribution is 0.431. The van der Waals surface area contributed by atoms with Crippen LogP contribution in [0, 0.1) is 0 Å². The molecule has 0 amide bonds. The Kier molecular flexibility index (Phi) is 4.15. The predicted octanol–water partition coefficient (Wildman–Crippen LogP) is 2.28. The van der Waals surface area contributed by atoms with Crippen LogP contribution >= 0.6 is 0 Å². The molecular formula is C16H22N2O2S. The van der Waals surface area contributed by atoms with Gasteiger partial charge in [0.05, 0.1) is 4.90 Å². The van der Waals surface area contributed by atoms with Crippen LogP contribution in [0.3, 0.4) is 0 Å². The second-order valence-corrected chi connectivity index (χ2v) is 7.90. The number of nitrogens with zero attached hydrogens (tertiary/aromatic N) is 1. The molecule has 0 atom stereocenters. The molecule has 1 aromatic rings. The standard InChI is InChI=1S/C16H22N2O2S/c1-13-7-9-18(10-8-13)21(19,20)16-4-2-3-14(11-16)12-17-15-5-6-15/h2-4,7,11,15,17H,5-6,8-10,12H2,1H3. The molecule has 1 heterocycles. The minimum Gasteiger partial charge on any atom is -0.310 e. The minimum absolute atomic E-state index is 0.408. The second-order valence-electron chi connectivity index (χ2n) is 5.97. The molecule has 1 aromatic carbocycles. The number of hydrogen-bond donors (Lipinski definition) is 1. The maximum atomic E-state index is 12.7. The Hall–Kier alpha value is -1.17. The maximum absolute atomic E-state index is 12.7. The van der Waals surface area contributed by atoms with Crippen molar-refractivity contribution in [1.29, 1.82) is 0 Å². The van der Waals surface area contributed by atoms with Crippen molar-refractivity contribution in [2.24, 2.45) is 0 Å². The van der Waals surface area contributed by atoms with Crippen molar-refractivity contribution in [3.05, 3.63) is 41.5 Å². The van der Waals surface area contributed by atoms with E-state index in [9.17, 15) is 8.42 Å². The molecule has 5 heteroatoms. The molecule has 1 fully saturated rings. The van der Waals surface area contributed by atoms with E-state index in [1.165, 1.54) is 18.4 Å². The van der Waals surface area contributed by atoms with Gasteiger partial charge in [-0.25, -0.2) is 8.42 Å². The molecule has 2 aliphatic rings. The summed E-state index contributed by atoms with van der Waals surface area (Å²) in [4.78, 5) is 0.408. The Morgan fingerprint density at radius 1 is 1.33 bits per heavy atom. The van der Waals surface area contributed by atoms with Crippen molar-refractivity contribution in [2.45, 2.75) is 43.7 Å². The van der Waals surface area contributed by atoms with E-state index in [0.29, 0.717) is 24.0 Å². The maximum Gasteiger partial charge on any atom is 0.243 e. The third kappa shape index (κ3) is 3.54. The molecule has 0 aromatic heterocycles. The molecule has 0 unspecified atom stereocenters. The van der Waals surface area contributed by atoms with Crippen molar-refractivity contribution in [1.82, 2.24) is 9.62 Å². The summed E-state index contributed by atoms with van der Waals surface area (Å²) in [7, 11) is -3.37. The third-order valence-electron chi connectivity index (χ3n) is 4.11. The summed E-state index contributed by atoms with van der Waals surface area (Å²) in [5.41, 5.74) is 2.30. The smallest absolute Gasteiger partial charge is 0.243 e. The van der Waals surface area contributed by atoms with E-state index in [1.807, 2.05) is 25.1 Å². The molecule has 0 spiro atoms. The van der Waals surface area contributed by atoms with Gasteiger partial charge in [0.1, 0.15) is 0 Å². The third-order valence-corrected chi connectivity index (χ3v) is 5.97. The molecule has 114 valence electrons. The summed E-state index contributed by atoms with van der Waals surface area (Å²) in [5.74, 6) is 0.